The first-order chi connectivity index (χ1) is 8.88. The number of rotatable bonds is 2. The van der Waals surface area contributed by atoms with Gasteiger partial charge >= 0.3 is 0 Å². The van der Waals surface area contributed by atoms with Gasteiger partial charge in [0, 0.05) is 17.5 Å². The van der Waals surface area contributed by atoms with Gasteiger partial charge in [-0.1, -0.05) is 6.07 Å². The Labute approximate surface area is 107 Å². The Kier molecular flexibility index (Phi) is 3.07. The third-order valence-corrected chi connectivity index (χ3v) is 3.46. The van der Waals surface area contributed by atoms with Gasteiger partial charge in [-0.05, 0) is 49.4 Å². The zero-order valence-corrected chi connectivity index (χ0v) is 10.3. The van der Waals surface area contributed by atoms with Crippen LogP contribution in [0.4, 0.5) is 0 Å². The Hall–Kier alpha value is -1.74. The van der Waals surface area contributed by atoms with E-state index in [0.29, 0.717) is 0 Å². The van der Waals surface area contributed by atoms with Crippen LogP contribution in [0, 0.1) is 0 Å². The van der Waals surface area contributed by atoms with Crippen LogP contribution < -0.4 is 0 Å². The highest BCUT2D eigenvalue weighted by Gasteiger charge is 2.16. The van der Waals surface area contributed by atoms with E-state index in [9.17, 15) is 5.11 Å². The van der Waals surface area contributed by atoms with Crippen molar-refractivity contribution in [3.8, 4) is 11.4 Å². The van der Waals surface area contributed by atoms with E-state index in [0.717, 1.165) is 29.8 Å². The number of aliphatic hydroxyl groups is 1. The summed E-state index contributed by atoms with van der Waals surface area (Å²) in [6.45, 7) is 0.0200. The number of hydrogen-bond donors (Lipinski definition) is 1. The summed E-state index contributed by atoms with van der Waals surface area (Å²) in [7, 11) is 0. The lowest BCUT2D eigenvalue weighted by molar-refractivity contribution is 0.281. The fourth-order valence-corrected chi connectivity index (χ4v) is 2.53. The van der Waals surface area contributed by atoms with Gasteiger partial charge < -0.3 is 5.11 Å². The van der Waals surface area contributed by atoms with E-state index in [1.54, 1.807) is 6.20 Å². The van der Waals surface area contributed by atoms with Crippen LogP contribution in [0.2, 0.25) is 0 Å². The van der Waals surface area contributed by atoms with Gasteiger partial charge in [0.25, 0.3) is 0 Å². The molecule has 18 heavy (non-hydrogen) atoms. The van der Waals surface area contributed by atoms with Crippen LogP contribution in [0.5, 0.6) is 0 Å². The maximum absolute atomic E-state index is 9.51. The van der Waals surface area contributed by atoms with Gasteiger partial charge in [-0.15, -0.1) is 0 Å². The fourth-order valence-electron chi connectivity index (χ4n) is 2.53. The van der Waals surface area contributed by atoms with Crippen LogP contribution in [-0.4, -0.2) is 15.1 Å². The highest BCUT2D eigenvalue weighted by atomic mass is 16.3. The number of aryl methyl sites for hydroxylation is 2. The average Bonchev–Trinajstić information content (AvgIpc) is 2.46. The number of aliphatic hydroxyl groups excluding tert-OH is 1. The molecule has 0 atom stereocenters. The second kappa shape index (κ2) is 4.86. The molecular weight excluding hydrogens is 224 g/mol. The summed E-state index contributed by atoms with van der Waals surface area (Å²) in [5.74, 6) is 0. The molecule has 0 spiro atoms. The Morgan fingerprint density at radius 2 is 2.06 bits per heavy atom. The summed E-state index contributed by atoms with van der Waals surface area (Å²) in [6, 6.07) is 7.88. The van der Waals surface area contributed by atoms with Crippen molar-refractivity contribution in [1.82, 2.24) is 9.97 Å². The fraction of sp³-hybridized carbons (Fsp3) is 0.333. The number of hydrogen-bond acceptors (Lipinski definition) is 3. The second-order valence-corrected chi connectivity index (χ2v) is 4.68. The summed E-state index contributed by atoms with van der Waals surface area (Å²) < 4.78 is 0. The molecule has 0 amide bonds. The Morgan fingerprint density at radius 1 is 1.17 bits per heavy atom. The zero-order valence-electron chi connectivity index (χ0n) is 10.3. The molecule has 3 heteroatoms. The molecule has 92 valence electrons. The summed E-state index contributed by atoms with van der Waals surface area (Å²) in [5, 5.41) is 9.51. The van der Waals surface area contributed by atoms with Crippen LogP contribution in [0.25, 0.3) is 11.4 Å². The highest BCUT2D eigenvalue weighted by molar-refractivity contribution is 5.59. The largest absolute Gasteiger partial charge is 0.392 e. The molecule has 0 aromatic carbocycles. The van der Waals surface area contributed by atoms with Gasteiger partial charge in [0.15, 0.2) is 0 Å². The van der Waals surface area contributed by atoms with E-state index in [-0.39, 0.29) is 6.61 Å². The van der Waals surface area contributed by atoms with Gasteiger partial charge in [-0.2, -0.15) is 0 Å². The first kappa shape index (κ1) is 11.4. The van der Waals surface area contributed by atoms with Crippen molar-refractivity contribution in [2.24, 2.45) is 0 Å². The Balaban J connectivity index is 2.13. The quantitative estimate of drug-likeness (QED) is 0.877. The minimum Gasteiger partial charge on any atom is -0.392 e. The van der Waals surface area contributed by atoms with Gasteiger partial charge in [-0.25, -0.2) is 0 Å². The first-order valence-corrected chi connectivity index (χ1v) is 6.42. The van der Waals surface area contributed by atoms with E-state index in [1.807, 2.05) is 18.2 Å². The van der Waals surface area contributed by atoms with Crippen LogP contribution in [-0.2, 0) is 19.4 Å². The maximum Gasteiger partial charge on any atom is 0.0944 e. The van der Waals surface area contributed by atoms with E-state index in [1.165, 1.54) is 24.1 Å². The molecule has 1 aliphatic carbocycles. The Morgan fingerprint density at radius 3 is 2.83 bits per heavy atom. The third-order valence-electron chi connectivity index (χ3n) is 3.46. The van der Waals surface area contributed by atoms with Crippen molar-refractivity contribution >= 4 is 0 Å². The first-order valence-electron chi connectivity index (χ1n) is 6.42. The van der Waals surface area contributed by atoms with Gasteiger partial charge in [0.2, 0.25) is 0 Å². The van der Waals surface area contributed by atoms with Gasteiger partial charge in [-0.3, -0.25) is 9.97 Å². The van der Waals surface area contributed by atoms with Crippen molar-refractivity contribution in [2.45, 2.75) is 32.3 Å². The Bertz CT molecular complexity index is 552. The normalized spacial score (nSPS) is 14.3. The molecule has 0 saturated heterocycles. The van der Waals surface area contributed by atoms with E-state index < -0.39 is 0 Å². The van der Waals surface area contributed by atoms with Crippen molar-refractivity contribution in [1.29, 1.82) is 0 Å². The predicted molar refractivity (Wildman–Crippen MR) is 70.0 cm³/mol. The number of fused-ring (bicyclic) bond motifs is 1. The average molecular weight is 240 g/mol. The topological polar surface area (TPSA) is 46.0 Å². The molecular formula is C15H16N2O. The minimum atomic E-state index is 0.0200. The number of pyridine rings is 2. The van der Waals surface area contributed by atoms with Gasteiger partial charge in [0.05, 0.1) is 18.0 Å². The van der Waals surface area contributed by atoms with Crippen LogP contribution >= 0.6 is 0 Å². The summed E-state index contributed by atoms with van der Waals surface area (Å²) in [4.78, 5) is 9.06. The highest BCUT2D eigenvalue weighted by Crippen LogP contribution is 2.27. The standard InChI is InChI=1S/C15H16N2O/c18-10-12-9-11-5-1-2-6-13(11)17-15(12)14-7-3-4-8-16-14/h3-4,7-9,18H,1-2,5-6,10H2. The molecule has 0 saturated carbocycles. The van der Waals surface area contributed by atoms with E-state index in [2.05, 4.69) is 11.1 Å². The maximum atomic E-state index is 9.51. The van der Waals surface area contributed by atoms with Crippen molar-refractivity contribution < 1.29 is 5.11 Å². The molecule has 0 fully saturated rings. The van der Waals surface area contributed by atoms with E-state index >= 15 is 0 Å². The lowest BCUT2D eigenvalue weighted by Crippen LogP contribution is -2.08. The molecule has 3 rings (SSSR count). The predicted octanol–water partition coefficient (Wildman–Crippen LogP) is 2.51. The van der Waals surface area contributed by atoms with Crippen molar-refractivity contribution in [3.05, 3.63) is 47.3 Å². The van der Waals surface area contributed by atoms with Crippen LogP contribution in [0.1, 0.15) is 29.7 Å². The smallest absolute Gasteiger partial charge is 0.0944 e. The molecule has 2 aromatic heterocycles. The molecule has 0 aliphatic heterocycles. The molecule has 1 N–H and O–H groups in total. The minimum absolute atomic E-state index is 0.0200. The molecule has 1 aliphatic rings. The van der Waals surface area contributed by atoms with Crippen molar-refractivity contribution in [2.75, 3.05) is 0 Å². The summed E-state index contributed by atoms with van der Waals surface area (Å²) >= 11 is 0. The lowest BCUT2D eigenvalue weighted by atomic mass is 9.93. The van der Waals surface area contributed by atoms with Crippen LogP contribution in [0.15, 0.2) is 30.5 Å². The van der Waals surface area contributed by atoms with Crippen LogP contribution in [0.3, 0.4) is 0 Å². The number of aromatic nitrogens is 2. The molecule has 2 heterocycles. The summed E-state index contributed by atoms with van der Waals surface area (Å²) in [5.41, 5.74) is 5.03. The number of nitrogens with zero attached hydrogens (tertiary/aromatic N) is 2. The van der Waals surface area contributed by atoms with Gasteiger partial charge in [0.1, 0.15) is 0 Å². The molecule has 3 nitrogen and oxygen atoms in total. The molecule has 0 bridgehead atoms. The van der Waals surface area contributed by atoms with E-state index in [4.69, 9.17) is 4.98 Å². The SMILES string of the molecule is OCc1cc2c(nc1-c1ccccn1)CCCC2. The summed E-state index contributed by atoms with van der Waals surface area (Å²) in [6.07, 6.45) is 6.32. The zero-order chi connectivity index (χ0) is 12.4. The molecule has 0 unspecified atom stereocenters. The monoisotopic (exact) mass is 240 g/mol. The lowest BCUT2D eigenvalue weighted by Gasteiger charge is -2.17. The molecule has 2 aromatic rings. The second-order valence-electron chi connectivity index (χ2n) is 4.68. The third kappa shape index (κ3) is 2.02. The van der Waals surface area contributed by atoms with Crippen molar-refractivity contribution in [3.63, 3.8) is 0 Å². The molecule has 0 radical (unpaired) electrons.